The first-order chi connectivity index (χ1) is 10.3. The second kappa shape index (κ2) is 7.04. The van der Waals surface area contributed by atoms with Crippen LogP contribution in [0.25, 0.3) is 0 Å². The van der Waals surface area contributed by atoms with Crippen LogP contribution < -0.4 is 5.32 Å². The Morgan fingerprint density at radius 1 is 1.45 bits per heavy atom. The summed E-state index contributed by atoms with van der Waals surface area (Å²) >= 11 is 5.96. The Balaban J connectivity index is 2.00. The molecular formula is C14H18ClN3O4. The van der Waals surface area contributed by atoms with Gasteiger partial charge in [-0.15, -0.1) is 0 Å². The van der Waals surface area contributed by atoms with Crippen molar-refractivity contribution < 1.29 is 14.5 Å². The number of morpholine rings is 1. The summed E-state index contributed by atoms with van der Waals surface area (Å²) in [6, 6.07) is 3.95. The highest BCUT2D eigenvalue weighted by atomic mass is 35.5. The highest BCUT2D eigenvalue weighted by Gasteiger charge is 2.24. The fourth-order valence-corrected chi connectivity index (χ4v) is 2.69. The average Bonchev–Trinajstić information content (AvgIpc) is 2.39. The lowest BCUT2D eigenvalue weighted by molar-refractivity contribution is -0.384. The zero-order chi connectivity index (χ0) is 16.3. The minimum Gasteiger partial charge on any atom is -0.373 e. The van der Waals surface area contributed by atoms with E-state index in [-0.39, 0.29) is 41.1 Å². The minimum atomic E-state index is -0.530. The summed E-state index contributed by atoms with van der Waals surface area (Å²) in [6.07, 6.45) is 0.135. The molecule has 2 atom stereocenters. The van der Waals surface area contributed by atoms with Gasteiger partial charge in [0.05, 0.1) is 34.4 Å². The van der Waals surface area contributed by atoms with Gasteiger partial charge in [0.1, 0.15) is 0 Å². The maximum atomic E-state index is 12.1. The monoisotopic (exact) mass is 327 g/mol. The molecule has 0 unspecified atom stereocenters. The van der Waals surface area contributed by atoms with E-state index in [0.29, 0.717) is 13.1 Å². The number of nitrogens with zero attached hydrogens (tertiary/aromatic N) is 2. The van der Waals surface area contributed by atoms with Crippen molar-refractivity contribution >= 4 is 28.9 Å². The molecule has 0 bridgehead atoms. The number of carbonyl (C=O) groups is 1. The van der Waals surface area contributed by atoms with Gasteiger partial charge in [-0.1, -0.05) is 11.6 Å². The molecule has 0 aliphatic carbocycles. The van der Waals surface area contributed by atoms with Crippen LogP contribution in [0.3, 0.4) is 0 Å². The van der Waals surface area contributed by atoms with E-state index in [4.69, 9.17) is 16.3 Å². The van der Waals surface area contributed by atoms with Gasteiger partial charge in [0.15, 0.2) is 0 Å². The van der Waals surface area contributed by atoms with Crippen molar-refractivity contribution in [1.29, 1.82) is 0 Å². The number of non-ortho nitro benzene ring substituents is 1. The van der Waals surface area contributed by atoms with Gasteiger partial charge in [-0.25, -0.2) is 0 Å². The van der Waals surface area contributed by atoms with E-state index in [9.17, 15) is 14.9 Å². The molecule has 2 rings (SSSR count). The highest BCUT2D eigenvalue weighted by molar-refractivity contribution is 6.33. The molecule has 0 spiro atoms. The number of benzene rings is 1. The molecule has 0 saturated carbocycles. The van der Waals surface area contributed by atoms with E-state index in [1.165, 1.54) is 18.2 Å². The summed E-state index contributed by atoms with van der Waals surface area (Å²) in [4.78, 5) is 24.3. The number of nitro benzene ring substituents is 1. The number of ether oxygens (including phenoxy) is 1. The van der Waals surface area contributed by atoms with Crippen molar-refractivity contribution in [3.8, 4) is 0 Å². The summed E-state index contributed by atoms with van der Waals surface area (Å²) in [5.74, 6) is -0.260. The molecule has 7 nitrogen and oxygen atoms in total. The Hall–Kier alpha value is -1.70. The molecule has 1 aliphatic rings. The Bertz CT molecular complexity index is 571. The smallest absolute Gasteiger partial charge is 0.271 e. The number of anilines is 1. The zero-order valence-electron chi connectivity index (χ0n) is 12.4. The van der Waals surface area contributed by atoms with Gasteiger partial charge in [-0.2, -0.15) is 0 Å². The Kier molecular flexibility index (Phi) is 5.33. The first-order valence-electron chi connectivity index (χ1n) is 6.96. The Morgan fingerprint density at radius 2 is 2.09 bits per heavy atom. The predicted octanol–water partition coefficient (Wildman–Crippen LogP) is 2.30. The third-order valence-corrected chi connectivity index (χ3v) is 3.63. The zero-order valence-corrected chi connectivity index (χ0v) is 13.2. The summed E-state index contributed by atoms with van der Waals surface area (Å²) in [6.45, 7) is 5.44. The lowest BCUT2D eigenvalue weighted by atomic mass is 10.2. The summed E-state index contributed by atoms with van der Waals surface area (Å²) in [5, 5.41) is 13.7. The van der Waals surface area contributed by atoms with Crippen molar-refractivity contribution in [1.82, 2.24) is 4.90 Å². The van der Waals surface area contributed by atoms with Gasteiger partial charge in [0.2, 0.25) is 5.91 Å². The van der Waals surface area contributed by atoms with Crippen LogP contribution >= 0.6 is 11.6 Å². The molecule has 0 radical (unpaired) electrons. The van der Waals surface area contributed by atoms with Crippen molar-refractivity contribution in [3.05, 3.63) is 33.3 Å². The molecule has 1 aromatic carbocycles. The second-order valence-corrected chi connectivity index (χ2v) is 5.83. The normalized spacial score (nSPS) is 22.3. The summed E-state index contributed by atoms with van der Waals surface area (Å²) in [7, 11) is 0. The van der Waals surface area contributed by atoms with E-state index in [1.807, 2.05) is 18.7 Å². The average molecular weight is 328 g/mol. The number of halogens is 1. The van der Waals surface area contributed by atoms with Crippen LogP contribution in [0.15, 0.2) is 18.2 Å². The third kappa shape index (κ3) is 4.40. The molecule has 1 fully saturated rings. The lowest BCUT2D eigenvalue weighted by Gasteiger charge is -2.34. The van der Waals surface area contributed by atoms with E-state index >= 15 is 0 Å². The van der Waals surface area contributed by atoms with Crippen LogP contribution in [-0.2, 0) is 9.53 Å². The topological polar surface area (TPSA) is 84.7 Å². The Labute approximate surface area is 133 Å². The first kappa shape index (κ1) is 16.7. The van der Waals surface area contributed by atoms with Crippen molar-refractivity contribution in [2.45, 2.75) is 26.1 Å². The first-order valence-corrected chi connectivity index (χ1v) is 7.34. The molecule has 1 aliphatic heterocycles. The third-order valence-electron chi connectivity index (χ3n) is 3.30. The van der Waals surface area contributed by atoms with E-state index in [2.05, 4.69) is 5.32 Å². The molecule has 1 amide bonds. The number of nitro groups is 1. The van der Waals surface area contributed by atoms with Gasteiger partial charge in [0, 0.05) is 25.2 Å². The largest absolute Gasteiger partial charge is 0.373 e. The number of carbonyl (C=O) groups excluding carboxylic acids is 1. The quantitative estimate of drug-likeness (QED) is 0.677. The van der Waals surface area contributed by atoms with Crippen LogP contribution in [-0.4, -0.2) is 47.6 Å². The molecule has 22 heavy (non-hydrogen) atoms. The Morgan fingerprint density at radius 3 is 2.68 bits per heavy atom. The second-order valence-electron chi connectivity index (χ2n) is 5.42. The van der Waals surface area contributed by atoms with Gasteiger partial charge >= 0.3 is 0 Å². The molecule has 1 aromatic rings. The lowest BCUT2D eigenvalue weighted by Crippen LogP contribution is -2.48. The van der Waals surface area contributed by atoms with Crippen LogP contribution in [0, 0.1) is 10.1 Å². The molecule has 8 heteroatoms. The molecule has 1 heterocycles. The van der Waals surface area contributed by atoms with Gasteiger partial charge in [-0.05, 0) is 19.9 Å². The van der Waals surface area contributed by atoms with E-state index < -0.39 is 4.92 Å². The molecular weight excluding hydrogens is 310 g/mol. The van der Waals surface area contributed by atoms with Crippen LogP contribution in [0.4, 0.5) is 11.4 Å². The molecule has 1 N–H and O–H groups in total. The van der Waals surface area contributed by atoms with Gasteiger partial charge < -0.3 is 10.1 Å². The highest BCUT2D eigenvalue weighted by Crippen LogP contribution is 2.26. The summed E-state index contributed by atoms with van der Waals surface area (Å²) in [5.41, 5.74) is 0.128. The predicted molar refractivity (Wildman–Crippen MR) is 83.2 cm³/mol. The summed E-state index contributed by atoms with van der Waals surface area (Å²) < 4.78 is 5.61. The number of hydrogen-bond donors (Lipinski definition) is 1. The van der Waals surface area contributed by atoms with E-state index in [1.54, 1.807) is 0 Å². The minimum absolute atomic E-state index is 0.0675. The SMILES string of the molecule is C[C@@H]1CN(CC(=O)Nc2cc([N+](=O)[O-])ccc2Cl)C[C@H](C)O1. The number of hydrogen-bond acceptors (Lipinski definition) is 5. The number of rotatable bonds is 4. The molecule has 1 saturated heterocycles. The molecule has 120 valence electrons. The van der Waals surface area contributed by atoms with E-state index in [0.717, 1.165) is 0 Å². The number of amides is 1. The van der Waals surface area contributed by atoms with Crippen LogP contribution in [0.5, 0.6) is 0 Å². The maximum Gasteiger partial charge on any atom is 0.271 e. The van der Waals surface area contributed by atoms with Gasteiger partial charge in [-0.3, -0.25) is 19.8 Å². The standard InChI is InChI=1S/C14H18ClN3O4/c1-9-6-17(7-10(2)22-9)8-14(19)16-13-5-11(18(20)21)3-4-12(13)15/h3-5,9-10H,6-8H2,1-2H3,(H,16,19)/t9-,10+. The van der Waals surface area contributed by atoms with Crippen LogP contribution in [0.1, 0.15) is 13.8 Å². The van der Waals surface area contributed by atoms with Crippen molar-refractivity contribution in [3.63, 3.8) is 0 Å². The van der Waals surface area contributed by atoms with Crippen molar-refractivity contribution in [2.24, 2.45) is 0 Å². The fourth-order valence-electron chi connectivity index (χ4n) is 2.53. The fraction of sp³-hybridized carbons (Fsp3) is 0.500. The number of nitrogens with one attached hydrogen (secondary N) is 1. The van der Waals surface area contributed by atoms with Crippen LogP contribution in [0.2, 0.25) is 5.02 Å². The van der Waals surface area contributed by atoms with Gasteiger partial charge in [0.25, 0.3) is 5.69 Å². The molecule has 0 aromatic heterocycles. The van der Waals surface area contributed by atoms with Crippen molar-refractivity contribution in [2.75, 3.05) is 25.0 Å². The maximum absolute atomic E-state index is 12.1.